The minimum atomic E-state index is -0.783. The van der Waals surface area contributed by atoms with Crippen LogP contribution in [0.15, 0.2) is 0 Å². The van der Waals surface area contributed by atoms with E-state index in [9.17, 15) is 14.4 Å². The normalized spacial score (nSPS) is 13.9. The first kappa shape index (κ1) is 67.0. The molecular weight excluding hydrogens is 873 g/mol. The Morgan fingerprint density at radius 1 is 0.507 bits per heavy atom. The van der Waals surface area contributed by atoms with Crippen LogP contribution in [0.4, 0.5) is 4.79 Å². The van der Waals surface area contributed by atoms with Gasteiger partial charge < -0.3 is 43.3 Å². The Labute approximate surface area is 425 Å². The number of carbonyl (C=O) groups is 3. The lowest BCUT2D eigenvalue weighted by Crippen LogP contribution is -2.44. The molecule has 1 atom stereocenters. The van der Waals surface area contributed by atoms with Crippen LogP contribution in [0.1, 0.15) is 266 Å². The van der Waals surface area contributed by atoms with Crippen molar-refractivity contribution < 1.29 is 47.9 Å². The first-order valence-electron chi connectivity index (χ1n) is 29.3. The summed E-state index contributed by atoms with van der Waals surface area (Å²) in [6, 6.07) is 0. The quantitative estimate of drug-likeness (QED) is 0.0355. The first-order chi connectivity index (χ1) is 33.7. The van der Waals surface area contributed by atoms with E-state index in [4.69, 9.17) is 33.5 Å². The Morgan fingerprint density at radius 2 is 0.884 bits per heavy atom. The van der Waals surface area contributed by atoms with E-state index < -0.39 is 5.97 Å². The molecule has 12 nitrogen and oxygen atoms in total. The number of nitrogens with zero attached hydrogens (tertiary/aromatic N) is 2. The van der Waals surface area contributed by atoms with Crippen LogP contribution in [-0.2, 0) is 38.0 Å². The van der Waals surface area contributed by atoms with Gasteiger partial charge in [-0.25, -0.2) is 4.79 Å². The van der Waals surface area contributed by atoms with E-state index in [0.717, 1.165) is 64.6 Å². The predicted molar refractivity (Wildman–Crippen MR) is 284 cm³/mol. The second-order valence-electron chi connectivity index (χ2n) is 19.5. The van der Waals surface area contributed by atoms with Crippen LogP contribution in [0.3, 0.4) is 0 Å². The fourth-order valence-corrected chi connectivity index (χ4v) is 8.53. The fourth-order valence-electron chi connectivity index (χ4n) is 8.53. The smallest absolute Gasteiger partial charge is 0.409 e. The van der Waals surface area contributed by atoms with Gasteiger partial charge in [-0.05, 0) is 58.0 Å². The van der Waals surface area contributed by atoms with Crippen LogP contribution >= 0.6 is 0 Å². The van der Waals surface area contributed by atoms with Crippen molar-refractivity contribution in [2.24, 2.45) is 0 Å². The molecule has 0 saturated carbocycles. The number of rotatable bonds is 49. The Kier molecular flexibility index (Phi) is 50.8. The molecule has 1 N–H and O–H groups in total. The van der Waals surface area contributed by atoms with Gasteiger partial charge in [-0.2, -0.15) is 0 Å². The van der Waals surface area contributed by atoms with Crippen molar-refractivity contribution in [1.29, 1.82) is 0 Å². The van der Waals surface area contributed by atoms with Gasteiger partial charge in [0.15, 0.2) is 12.6 Å². The van der Waals surface area contributed by atoms with Gasteiger partial charge in [0.2, 0.25) is 0 Å². The number of aliphatic carboxylic acids is 1. The zero-order chi connectivity index (χ0) is 50.7. The molecular formula is C57H112N2O10. The summed E-state index contributed by atoms with van der Waals surface area (Å²) in [6.45, 7) is 20.3. The van der Waals surface area contributed by atoms with Crippen molar-refractivity contribution in [1.82, 2.24) is 9.80 Å². The van der Waals surface area contributed by atoms with Gasteiger partial charge >= 0.3 is 18.0 Å². The molecule has 0 aromatic rings. The molecule has 0 aromatic heterocycles. The number of carboxylic acid groups (broad SMARTS) is 1. The highest BCUT2D eigenvalue weighted by Gasteiger charge is 2.27. The lowest BCUT2D eigenvalue weighted by molar-refractivity contribution is -0.163. The van der Waals surface area contributed by atoms with Gasteiger partial charge in [0.1, 0.15) is 6.10 Å². The third-order valence-corrected chi connectivity index (χ3v) is 13.1. The predicted octanol–water partition coefficient (Wildman–Crippen LogP) is 15.2. The number of ether oxygens (including phenoxy) is 6. The summed E-state index contributed by atoms with van der Waals surface area (Å²) in [7, 11) is 0. The Balaban J connectivity index is 0.00000152. The molecule has 12 heteroatoms. The van der Waals surface area contributed by atoms with E-state index in [-0.39, 0.29) is 43.6 Å². The second kappa shape index (κ2) is 52.3. The van der Waals surface area contributed by atoms with Crippen LogP contribution in [-0.4, -0.2) is 117 Å². The fraction of sp³-hybridized carbons (Fsp3) is 0.947. The highest BCUT2D eigenvalue weighted by Crippen LogP contribution is 2.18. The molecule has 1 rings (SSSR count). The maximum Gasteiger partial charge on any atom is 0.409 e. The number of unbranched alkanes of at least 4 members (excludes halogenated alkanes) is 24. The average Bonchev–Trinajstić information content (AvgIpc) is 3.35. The minimum absolute atomic E-state index is 0.110. The number of amides is 1. The number of carboxylic acids is 1. The number of esters is 1. The van der Waals surface area contributed by atoms with Gasteiger partial charge in [0.25, 0.3) is 0 Å². The number of hydrogen-bond donors (Lipinski definition) is 1. The highest BCUT2D eigenvalue weighted by molar-refractivity contribution is 5.70. The molecule has 0 aliphatic carbocycles. The van der Waals surface area contributed by atoms with E-state index in [2.05, 4.69) is 46.4 Å². The summed E-state index contributed by atoms with van der Waals surface area (Å²) in [5.41, 5.74) is 0. The van der Waals surface area contributed by atoms with Crippen LogP contribution in [0.2, 0.25) is 0 Å². The maximum atomic E-state index is 12.8. The SMILES string of the molecule is CCCCCCCCCOC(CCC(=O)O)OCCCCCCCCC.CCCCCCCCCOC(CCC(=O)OC1CCCN(C(=O)OCCCN(CC)CC)C1)OCCCCCCCCC. The summed E-state index contributed by atoms with van der Waals surface area (Å²) in [5.74, 6) is -1.03. The summed E-state index contributed by atoms with van der Waals surface area (Å²) >= 11 is 0. The first-order valence-corrected chi connectivity index (χ1v) is 29.3. The summed E-state index contributed by atoms with van der Waals surface area (Å²) < 4.78 is 35.1. The van der Waals surface area contributed by atoms with Crippen molar-refractivity contribution in [2.45, 2.75) is 285 Å². The zero-order valence-corrected chi connectivity index (χ0v) is 46.1. The lowest BCUT2D eigenvalue weighted by Gasteiger charge is -2.31. The van der Waals surface area contributed by atoms with Crippen molar-refractivity contribution in [3.8, 4) is 0 Å². The van der Waals surface area contributed by atoms with Crippen LogP contribution < -0.4 is 0 Å². The number of carbonyl (C=O) groups excluding carboxylic acids is 2. The zero-order valence-electron chi connectivity index (χ0n) is 46.1. The van der Waals surface area contributed by atoms with Gasteiger partial charge in [-0.1, -0.05) is 196 Å². The van der Waals surface area contributed by atoms with Crippen molar-refractivity contribution in [3.05, 3.63) is 0 Å². The van der Waals surface area contributed by atoms with Crippen molar-refractivity contribution >= 4 is 18.0 Å². The van der Waals surface area contributed by atoms with E-state index in [1.165, 1.54) is 154 Å². The number of likely N-dealkylation sites (tertiary alicyclic amines) is 1. The topological polar surface area (TPSA) is 133 Å². The van der Waals surface area contributed by atoms with Crippen LogP contribution in [0.25, 0.3) is 0 Å². The van der Waals surface area contributed by atoms with Gasteiger partial charge in [0, 0.05) is 52.4 Å². The molecule has 1 aliphatic heterocycles. The van der Waals surface area contributed by atoms with E-state index >= 15 is 0 Å². The van der Waals surface area contributed by atoms with E-state index in [0.29, 0.717) is 59.0 Å². The monoisotopic (exact) mass is 985 g/mol. The van der Waals surface area contributed by atoms with Crippen molar-refractivity contribution in [3.63, 3.8) is 0 Å². The van der Waals surface area contributed by atoms with Crippen LogP contribution in [0, 0.1) is 0 Å². The number of piperidine rings is 1. The Bertz CT molecular complexity index is 1070. The largest absolute Gasteiger partial charge is 0.481 e. The summed E-state index contributed by atoms with van der Waals surface area (Å²) in [4.78, 5) is 40.1. The van der Waals surface area contributed by atoms with Gasteiger partial charge in [-0.15, -0.1) is 0 Å². The molecule has 0 bridgehead atoms. The molecule has 1 heterocycles. The maximum absolute atomic E-state index is 12.8. The molecule has 1 saturated heterocycles. The molecule has 1 unspecified atom stereocenters. The molecule has 1 fully saturated rings. The second-order valence-corrected chi connectivity index (χ2v) is 19.5. The molecule has 1 aliphatic rings. The van der Waals surface area contributed by atoms with Gasteiger partial charge in [0.05, 0.1) is 26.0 Å². The lowest BCUT2D eigenvalue weighted by atomic mass is 10.1. The number of hydrogen-bond acceptors (Lipinski definition) is 10. The standard InChI is InChI=1S/C35H68N2O6.C22H44O4/c1-5-9-11-13-15-17-19-28-40-34(41-29-20-18-16-14-12-10-6-2)25-24-33(38)43-32-23-21-27-37(31-32)35(39)42-30-22-26-36(7-3)8-4;1-3-5-7-9-11-13-15-19-25-22(18-17-21(23)24)26-20-16-14-12-10-8-6-4-2/h32,34H,5-31H2,1-4H3;22H,3-20H2,1-2H3,(H,23,24). The molecule has 0 aromatic carbocycles. The molecule has 0 spiro atoms. The molecule has 1 amide bonds. The summed E-state index contributed by atoms with van der Waals surface area (Å²) in [5, 5.41) is 8.88. The molecule has 0 radical (unpaired) electrons. The minimum Gasteiger partial charge on any atom is -0.481 e. The Morgan fingerprint density at radius 3 is 1.26 bits per heavy atom. The highest BCUT2D eigenvalue weighted by atomic mass is 16.7. The third-order valence-electron chi connectivity index (χ3n) is 13.1. The average molecular weight is 986 g/mol. The van der Waals surface area contributed by atoms with E-state index in [1.807, 2.05) is 0 Å². The van der Waals surface area contributed by atoms with Gasteiger partial charge in [-0.3, -0.25) is 9.59 Å². The van der Waals surface area contributed by atoms with Crippen molar-refractivity contribution in [2.75, 3.05) is 65.8 Å². The third kappa shape index (κ3) is 45.6. The molecule has 410 valence electrons. The van der Waals surface area contributed by atoms with E-state index in [1.54, 1.807) is 4.90 Å². The molecule has 69 heavy (non-hydrogen) atoms. The van der Waals surface area contributed by atoms with Crippen LogP contribution in [0.5, 0.6) is 0 Å². The summed E-state index contributed by atoms with van der Waals surface area (Å²) in [6.07, 6.45) is 37.2. The Hall–Kier alpha value is -1.99.